The summed E-state index contributed by atoms with van der Waals surface area (Å²) < 4.78 is 6.53. The molecule has 0 fully saturated rings. The first-order valence-corrected chi connectivity index (χ1v) is 9.30. The van der Waals surface area contributed by atoms with Crippen LogP contribution in [-0.4, -0.2) is 8.32 Å². The molecule has 0 amide bonds. The second-order valence-electron chi connectivity index (χ2n) is 5.56. The second kappa shape index (κ2) is 3.80. The molecule has 0 radical (unpaired) electrons. The molecule has 1 unspecified atom stereocenters. The van der Waals surface area contributed by atoms with Crippen molar-refractivity contribution in [1.82, 2.24) is 0 Å². The van der Waals surface area contributed by atoms with E-state index < -0.39 is 8.32 Å². The summed E-state index contributed by atoms with van der Waals surface area (Å²) in [7, 11) is -1.78. The van der Waals surface area contributed by atoms with E-state index in [1.54, 1.807) is 0 Å². The maximum Gasteiger partial charge on any atom is 0.220 e. The van der Waals surface area contributed by atoms with Crippen LogP contribution in [0, 0.1) is 0 Å². The lowest BCUT2D eigenvalue weighted by Crippen LogP contribution is -2.41. The van der Waals surface area contributed by atoms with Crippen molar-refractivity contribution in [2.75, 3.05) is 0 Å². The summed E-state index contributed by atoms with van der Waals surface area (Å²) in [4.78, 5) is 0. The fraction of sp³-hybridized carbons (Fsp3) is 0.250. The lowest BCUT2D eigenvalue weighted by Gasteiger charge is -2.29. The van der Waals surface area contributed by atoms with Gasteiger partial charge in [0.2, 0.25) is 8.32 Å². The molecule has 0 saturated heterocycles. The SMILES string of the molecule is CC1(c2ccccc2)O[Si](C)(C)c2ccccc21. The van der Waals surface area contributed by atoms with Crippen LogP contribution in [0.4, 0.5) is 0 Å². The molecule has 0 aliphatic carbocycles. The molecular formula is C16H18OSi. The lowest BCUT2D eigenvalue weighted by molar-refractivity contribution is 0.140. The van der Waals surface area contributed by atoms with E-state index >= 15 is 0 Å². The van der Waals surface area contributed by atoms with Crippen molar-refractivity contribution in [2.24, 2.45) is 0 Å². The molecule has 0 saturated carbocycles. The highest BCUT2D eigenvalue weighted by molar-refractivity contribution is 6.85. The molecule has 1 aliphatic rings. The molecule has 0 aromatic heterocycles. The number of hydrogen-bond acceptors (Lipinski definition) is 1. The van der Waals surface area contributed by atoms with Gasteiger partial charge in [-0.3, -0.25) is 0 Å². The van der Waals surface area contributed by atoms with Gasteiger partial charge < -0.3 is 4.43 Å². The summed E-state index contributed by atoms with van der Waals surface area (Å²) in [6.07, 6.45) is 0. The Bertz CT molecular complexity index is 577. The summed E-state index contributed by atoms with van der Waals surface area (Å²) in [5.74, 6) is 0. The Balaban J connectivity index is 2.22. The van der Waals surface area contributed by atoms with Crippen LogP contribution in [0.3, 0.4) is 0 Å². The largest absolute Gasteiger partial charge is 0.400 e. The minimum Gasteiger partial charge on any atom is -0.400 e. The highest BCUT2D eigenvalue weighted by Crippen LogP contribution is 2.40. The summed E-state index contributed by atoms with van der Waals surface area (Å²) >= 11 is 0. The van der Waals surface area contributed by atoms with Gasteiger partial charge in [-0.25, -0.2) is 0 Å². The summed E-state index contributed by atoms with van der Waals surface area (Å²) in [6.45, 7) is 6.75. The van der Waals surface area contributed by atoms with Crippen LogP contribution in [-0.2, 0) is 10.0 Å². The maximum atomic E-state index is 6.53. The van der Waals surface area contributed by atoms with Crippen LogP contribution in [0.1, 0.15) is 18.1 Å². The third kappa shape index (κ3) is 1.56. The molecule has 0 N–H and O–H groups in total. The molecule has 1 aliphatic heterocycles. The first-order valence-electron chi connectivity index (χ1n) is 6.40. The van der Waals surface area contributed by atoms with Gasteiger partial charge >= 0.3 is 0 Å². The molecule has 0 bridgehead atoms. The van der Waals surface area contributed by atoms with Gasteiger partial charge in [-0.1, -0.05) is 54.6 Å². The molecule has 2 aromatic carbocycles. The Morgan fingerprint density at radius 1 is 0.889 bits per heavy atom. The van der Waals surface area contributed by atoms with Gasteiger partial charge in [0.25, 0.3) is 0 Å². The number of rotatable bonds is 1. The van der Waals surface area contributed by atoms with Crippen LogP contribution in [0.2, 0.25) is 13.1 Å². The van der Waals surface area contributed by atoms with E-state index in [2.05, 4.69) is 74.6 Å². The van der Waals surface area contributed by atoms with E-state index in [1.165, 1.54) is 16.3 Å². The Labute approximate surface area is 110 Å². The fourth-order valence-electron chi connectivity index (χ4n) is 3.02. The minimum absolute atomic E-state index is 0.284. The van der Waals surface area contributed by atoms with Gasteiger partial charge in [-0.2, -0.15) is 0 Å². The van der Waals surface area contributed by atoms with Crippen LogP contribution in [0.5, 0.6) is 0 Å². The Hall–Kier alpha value is -1.38. The summed E-state index contributed by atoms with van der Waals surface area (Å²) in [5.41, 5.74) is 2.30. The van der Waals surface area contributed by atoms with Crippen LogP contribution in [0.15, 0.2) is 54.6 Å². The number of benzene rings is 2. The van der Waals surface area contributed by atoms with Crippen LogP contribution >= 0.6 is 0 Å². The second-order valence-corrected chi connectivity index (χ2v) is 9.32. The van der Waals surface area contributed by atoms with Gasteiger partial charge in [-0.15, -0.1) is 0 Å². The topological polar surface area (TPSA) is 9.23 Å². The number of fused-ring (bicyclic) bond motifs is 1. The molecule has 18 heavy (non-hydrogen) atoms. The summed E-state index contributed by atoms with van der Waals surface area (Å²) in [6, 6.07) is 19.2. The van der Waals surface area contributed by atoms with Crippen molar-refractivity contribution in [3.63, 3.8) is 0 Å². The van der Waals surface area contributed by atoms with Gasteiger partial charge in [0, 0.05) is 0 Å². The van der Waals surface area contributed by atoms with Crippen molar-refractivity contribution >= 4 is 13.5 Å². The monoisotopic (exact) mass is 254 g/mol. The average Bonchev–Trinajstić information content (AvgIpc) is 2.60. The molecule has 1 nitrogen and oxygen atoms in total. The molecule has 2 aromatic rings. The van der Waals surface area contributed by atoms with Crippen LogP contribution < -0.4 is 5.19 Å². The van der Waals surface area contributed by atoms with E-state index in [1.807, 2.05) is 0 Å². The van der Waals surface area contributed by atoms with E-state index in [0.717, 1.165) is 0 Å². The van der Waals surface area contributed by atoms with E-state index in [4.69, 9.17) is 4.43 Å². The highest BCUT2D eigenvalue weighted by Gasteiger charge is 2.47. The molecule has 1 heterocycles. The maximum absolute atomic E-state index is 6.53. The zero-order chi connectivity index (χ0) is 12.8. The van der Waals surface area contributed by atoms with Crippen molar-refractivity contribution in [3.05, 3.63) is 65.7 Å². The van der Waals surface area contributed by atoms with Crippen molar-refractivity contribution < 1.29 is 4.43 Å². The van der Waals surface area contributed by atoms with Gasteiger partial charge in [0.15, 0.2) is 0 Å². The van der Waals surface area contributed by atoms with E-state index in [-0.39, 0.29) is 5.60 Å². The normalized spacial score (nSPS) is 24.8. The van der Waals surface area contributed by atoms with E-state index in [9.17, 15) is 0 Å². The zero-order valence-corrected chi connectivity index (χ0v) is 12.1. The lowest BCUT2D eigenvalue weighted by atomic mass is 9.88. The van der Waals surface area contributed by atoms with Crippen molar-refractivity contribution in [2.45, 2.75) is 25.6 Å². The first-order chi connectivity index (χ1) is 8.54. The standard InChI is InChI=1S/C16H18OSi/c1-16(13-9-5-4-6-10-13)14-11-7-8-12-15(14)18(2,3)17-16/h4-12H,1-3H3. The molecule has 3 rings (SSSR count). The quantitative estimate of drug-likeness (QED) is 0.709. The third-order valence-electron chi connectivity index (χ3n) is 3.87. The molecule has 0 spiro atoms. The molecule has 92 valence electrons. The first kappa shape index (κ1) is 11.7. The predicted octanol–water partition coefficient (Wildman–Crippen LogP) is 3.39. The molecule has 2 heteroatoms. The van der Waals surface area contributed by atoms with E-state index in [0.29, 0.717) is 0 Å². The fourth-order valence-corrected chi connectivity index (χ4v) is 5.84. The Morgan fingerprint density at radius 2 is 1.50 bits per heavy atom. The van der Waals surface area contributed by atoms with Crippen molar-refractivity contribution in [3.8, 4) is 0 Å². The predicted molar refractivity (Wildman–Crippen MR) is 77.5 cm³/mol. The van der Waals surface area contributed by atoms with Crippen LogP contribution in [0.25, 0.3) is 0 Å². The number of hydrogen-bond donors (Lipinski definition) is 0. The molecular weight excluding hydrogens is 236 g/mol. The minimum atomic E-state index is -1.78. The third-order valence-corrected chi connectivity index (χ3v) is 6.53. The average molecular weight is 254 g/mol. The Kier molecular flexibility index (Phi) is 2.47. The van der Waals surface area contributed by atoms with Gasteiger partial charge in [0.05, 0.1) is 0 Å². The Morgan fingerprint density at radius 3 is 2.22 bits per heavy atom. The zero-order valence-electron chi connectivity index (χ0n) is 11.1. The van der Waals surface area contributed by atoms with Crippen molar-refractivity contribution in [1.29, 1.82) is 0 Å². The summed E-state index contributed by atoms with van der Waals surface area (Å²) in [5, 5.41) is 1.43. The highest BCUT2D eigenvalue weighted by atomic mass is 28.4. The van der Waals surface area contributed by atoms with Gasteiger partial charge in [0.1, 0.15) is 5.60 Å². The smallest absolute Gasteiger partial charge is 0.220 e. The molecule has 1 atom stereocenters. The van der Waals surface area contributed by atoms with Gasteiger partial charge in [-0.05, 0) is 36.3 Å².